The number of anilines is 1. The Kier molecular flexibility index (Phi) is 8.25. The van der Waals surface area contributed by atoms with Crippen molar-refractivity contribution in [2.45, 2.75) is 37.9 Å². The van der Waals surface area contributed by atoms with Crippen molar-refractivity contribution in [1.82, 2.24) is 19.7 Å². The number of amides is 2. The zero-order valence-electron chi connectivity index (χ0n) is 15.5. The van der Waals surface area contributed by atoms with Gasteiger partial charge in [0.1, 0.15) is 12.1 Å². The van der Waals surface area contributed by atoms with Crippen LogP contribution in [-0.4, -0.2) is 50.8 Å². The van der Waals surface area contributed by atoms with Crippen LogP contribution in [0.15, 0.2) is 35.7 Å². The van der Waals surface area contributed by atoms with Gasteiger partial charge in [0.05, 0.1) is 12.3 Å². The van der Waals surface area contributed by atoms with E-state index >= 15 is 0 Å². The Balaban J connectivity index is 1.77. The average molecular weight is 393 g/mol. The molecule has 1 aromatic heterocycles. The third kappa shape index (κ3) is 7.01. The lowest BCUT2D eigenvalue weighted by atomic mass is 10.2. The second-order valence-corrected chi connectivity index (χ2v) is 7.05. The first-order chi connectivity index (χ1) is 13.0. The van der Waals surface area contributed by atoms with E-state index in [1.54, 1.807) is 13.4 Å². The summed E-state index contributed by atoms with van der Waals surface area (Å²) in [6.07, 6.45) is 4.98. The fourth-order valence-corrected chi connectivity index (χ4v) is 3.20. The Morgan fingerprint density at radius 2 is 2.00 bits per heavy atom. The van der Waals surface area contributed by atoms with E-state index in [2.05, 4.69) is 22.4 Å². The van der Waals surface area contributed by atoms with Crippen LogP contribution in [0.5, 0.6) is 0 Å². The van der Waals surface area contributed by atoms with Gasteiger partial charge in [-0.15, -0.1) is 10.2 Å². The number of nitrogens with one attached hydrogen (secondary N) is 1. The van der Waals surface area contributed by atoms with Gasteiger partial charge < -0.3 is 14.8 Å². The normalized spacial score (nSPS) is 10.6. The lowest BCUT2D eigenvalue weighted by Gasteiger charge is -2.16. The highest BCUT2D eigenvalue weighted by Gasteiger charge is 2.15. The zero-order valence-corrected chi connectivity index (χ0v) is 16.3. The number of hydrogen-bond acceptors (Lipinski definition) is 5. The van der Waals surface area contributed by atoms with Crippen LogP contribution >= 0.6 is 11.8 Å². The number of carbonyl (C=O) groups is 2. The summed E-state index contributed by atoms with van der Waals surface area (Å²) < 4.78 is 14.8. The van der Waals surface area contributed by atoms with Gasteiger partial charge >= 0.3 is 0 Å². The number of unbranched alkanes of at least 4 members (excludes halogenated alkanes) is 2. The molecule has 0 atom stereocenters. The van der Waals surface area contributed by atoms with Crippen molar-refractivity contribution in [3.05, 3.63) is 36.4 Å². The van der Waals surface area contributed by atoms with Gasteiger partial charge in [-0.1, -0.05) is 31.5 Å². The predicted molar refractivity (Wildman–Crippen MR) is 103 cm³/mol. The smallest absolute Gasteiger partial charge is 0.243 e. The van der Waals surface area contributed by atoms with Crippen molar-refractivity contribution in [3.8, 4) is 0 Å². The summed E-state index contributed by atoms with van der Waals surface area (Å²) in [7, 11) is 1.57. The molecular formula is C18H24FN5O2S. The summed E-state index contributed by atoms with van der Waals surface area (Å²) in [5, 5.41) is 11.3. The summed E-state index contributed by atoms with van der Waals surface area (Å²) in [5.41, 5.74) is 0.483. The van der Waals surface area contributed by atoms with Crippen LogP contribution in [0.3, 0.4) is 0 Å². The lowest BCUT2D eigenvalue weighted by Crippen LogP contribution is -2.36. The van der Waals surface area contributed by atoms with Gasteiger partial charge in [0, 0.05) is 19.3 Å². The van der Waals surface area contributed by atoms with Crippen molar-refractivity contribution in [2.24, 2.45) is 0 Å². The standard InChI is InChI=1S/C18H24FN5O2S/c1-3-4-5-10-24-13-20-22-18(24)27-12-17(26)23(2)11-16(25)21-15-8-6-14(19)7-9-15/h6-9,13H,3-5,10-12H2,1-2H3,(H,21,25). The lowest BCUT2D eigenvalue weighted by molar-refractivity contribution is -0.131. The average Bonchev–Trinajstić information content (AvgIpc) is 3.09. The molecule has 9 heteroatoms. The molecule has 0 unspecified atom stereocenters. The number of rotatable bonds is 10. The third-order valence-electron chi connectivity index (χ3n) is 3.84. The Labute approximate surface area is 162 Å². The monoisotopic (exact) mass is 393 g/mol. The highest BCUT2D eigenvalue weighted by molar-refractivity contribution is 7.99. The summed E-state index contributed by atoms with van der Waals surface area (Å²) in [6.45, 7) is 2.88. The molecule has 2 amide bonds. The van der Waals surface area contributed by atoms with Crippen molar-refractivity contribution in [3.63, 3.8) is 0 Å². The molecule has 0 aliphatic heterocycles. The van der Waals surface area contributed by atoms with Crippen molar-refractivity contribution < 1.29 is 14.0 Å². The molecule has 0 saturated carbocycles. The maximum absolute atomic E-state index is 12.9. The van der Waals surface area contributed by atoms with Crippen LogP contribution < -0.4 is 5.32 Å². The van der Waals surface area contributed by atoms with Gasteiger partial charge in [-0.3, -0.25) is 9.59 Å². The Morgan fingerprint density at radius 1 is 1.26 bits per heavy atom. The predicted octanol–water partition coefficient (Wildman–Crippen LogP) is 2.80. The number of aromatic nitrogens is 3. The first-order valence-corrected chi connectivity index (χ1v) is 9.78. The van der Waals surface area contributed by atoms with E-state index in [0.29, 0.717) is 10.8 Å². The van der Waals surface area contributed by atoms with Crippen molar-refractivity contribution in [2.75, 3.05) is 24.7 Å². The minimum Gasteiger partial charge on any atom is -0.336 e. The Morgan fingerprint density at radius 3 is 2.70 bits per heavy atom. The van der Waals surface area contributed by atoms with Crippen molar-refractivity contribution in [1.29, 1.82) is 0 Å². The second-order valence-electron chi connectivity index (χ2n) is 6.11. The summed E-state index contributed by atoms with van der Waals surface area (Å²) in [6, 6.07) is 5.46. The zero-order chi connectivity index (χ0) is 19.6. The quantitative estimate of drug-likeness (QED) is 0.496. The fraction of sp³-hybridized carbons (Fsp3) is 0.444. The number of halogens is 1. The number of benzene rings is 1. The molecular weight excluding hydrogens is 369 g/mol. The van der Waals surface area contributed by atoms with E-state index in [9.17, 15) is 14.0 Å². The molecule has 2 rings (SSSR count). The van der Waals surface area contributed by atoms with E-state index in [1.807, 2.05) is 4.57 Å². The molecule has 0 aliphatic carbocycles. The van der Waals surface area contributed by atoms with Gasteiger partial charge in [0.15, 0.2) is 5.16 Å². The van der Waals surface area contributed by atoms with E-state index in [4.69, 9.17) is 0 Å². The molecule has 0 saturated heterocycles. The fourth-order valence-electron chi connectivity index (χ4n) is 2.32. The molecule has 146 valence electrons. The third-order valence-corrected chi connectivity index (χ3v) is 4.81. The van der Waals surface area contributed by atoms with E-state index < -0.39 is 0 Å². The first kappa shape index (κ1) is 20.9. The molecule has 7 nitrogen and oxygen atoms in total. The van der Waals surface area contributed by atoms with E-state index in [-0.39, 0.29) is 29.9 Å². The molecule has 1 N–H and O–H groups in total. The summed E-state index contributed by atoms with van der Waals surface area (Å²) in [4.78, 5) is 25.6. The van der Waals surface area contributed by atoms with Crippen LogP contribution in [0, 0.1) is 5.82 Å². The molecule has 0 radical (unpaired) electrons. The molecule has 0 aliphatic rings. The molecule has 1 heterocycles. The molecule has 2 aromatic rings. The van der Waals surface area contributed by atoms with Crippen LogP contribution in [-0.2, 0) is 16.1 Å². The van der Waals surface area contributed by atoms with Gasteiger partial charge in [-0.25, -0.2) is 4.39 Å². The Hall–Kier alpha value is -2.42. The molecule has 0 bridgehead atoms. The largest absolute Gasteiger partial charge is 0.336 e. The number of aryl methyl sites for hydroxylation is 1. The first-order valence-electron chi connectivity index (χ1n) is 8.79. The van der Waals surface area contributed by atoms with Gasteiger partial charge in [-0.05, 0) is 30.7 Å². The minimum atomic E-state index is -0.375. The van der Waals surface area contributed by atoms with E-state index in [1.165, 1.54) is 40.9 Å². The van der Waals surface area contributed by atoms with Crippen LogP contribution in [0.2, 0.25) is 0 Å². The van der Waals surface area contributed by atoms with Crippen LogP contribution in [0.4, 0.5) is 10.1 Å². The number of carbonyl (C=O) groups excluding carboxylic acids is 2. The molecule has 1 aromatic carbocycles. The van der Waals surface area contributed by atoms with Crippen LogP contribution in [0.25, 0.3) is 0 Å². The van der Waals surface area contributed by atoms with Gasteiger partial charge in [0.2, 0.25) is 11.8 Å². The van der Waals surface area contributed by atoms with Gasteiger partial charge in [-0.2, -0.15) is 0 Å². The number of hydrogen-bond donors (Lipinski definition) is 1. The number of thioether (sulfide) groups is 1. The number of likely N-dealkylation sites (N-methyl/N-ethyl adjacent to an activating group) is 1. The maximum Gasteiger partial charge on any atom is 0.243 e. The highest BCUT2D eigenvalue weighted by atomic mass is 32.2. The van der Waals surface area contributed by atoms with Crippen LogP contribution in [0.1, 0.15) is 26.2 Å². The van der Waals surface area contributed by atoms with Crippen molar-refractivity contribution >= 4 is 29.3 Å². The SMILES string of the molecule is CCCCCn1cnnc1SCC(=O)N(C)CC(=O)Nc1ccc(F)cc1. The Bertz CT molecular complexity index is 750. The summed E-state index contributed by atoms with van der Waals surface area (Å²) >= 11 is 1.31. The molecule has 27 heavy (non-hydrogen) atoms. The maximum atomic E-state index is 12.9. The minimum absolute atomic E-state index is 0.0834. The number of nitrogens with zero attached hydrogens (tertiary/aromatic N) is 4. The van der Waals surface area contributed by atoms with E-state index in [0.717, 1.165) is 25.8 Å². The summed E-state index contributed by atoms with van der Waals surface area (Å²) in [5.74, 6) is -0.727. The topological polar surface area (TPSA) is 80.1 Å². The molecule has 0 spiro atoms. The highest BCUT2D eigenvalue weighted by Crippen LogP contribution is 2.16. The van der Waals surface area contributed by atoms with Gasteiger partial charge in [0.25, 0.3) is 0 Å². The second kappa shape index (κ2) is 10.7. The molecule has 0 fully saturated rings.